The van der Waals surface area contributed by atoms with E-state index in [4.69, 9.17) is 5.73 Å². The Bertz CT molecular complexity index is 242. The summed E-state index contributed by atoms with van der Waals surface area (Å²) in [5, 5.41) is 0. The molecule has 21 heavy (non-hydrogen) atoms. The first-order valence-electron chi connectivity index (χ1n) is 9.68. The molecule has 0 aromatic carbocycles. The van der Waals surface area contributed by atoms with Crippen LogP contribution in [0.5, 0.6) is 0 Å². The predicted molar refractivity (Wildman–Crippen MR) is 94.6 cm³/mol. The van der Waals surface area contributed by atoms with Gasteiger partial charge in [-0.1, -0.05) is 78.6 Å². The zero-order chi connectivity index (χ0) is 15.5. The van der Waals surface area contributed by atoms with Crippen LogP contribution in [0.2, 0.25) is 0 Å². The minimum absolute atomic E-state index is 0.383. The van der Waals surface area contributed by atoms with Crippen LogP contribution < -0.4 is 5.73 Å². The molecular weight excluding hydrogens is 256 g/mol. The van der Waals surface area contributed by atoms with Gasteiger partial charge in [-0.25, -0.2) is 0 Å². The van der Waals surface area contributed by atoms with Gasteiger partial charge in [-0.2, -0.15) is 0 Å². The van der Waals surface area contributed by atoms with Crippen LogP contribution in [0.1, 0.15) is 91.4 Å². The molecule has 2 N–H and O–H groups in total. The quantitative estimate of drug-likeness (QED) is 0.776. The molecule has 1 fully saturated rings. The second-order valence-electron chi connectivity index (χ2n) is 7.24. The highest BCUT2D eigenvalue weighted by atomic mass is 15.2. The van der Waals surface area contributed by atoms with Gasteiger partial charge in [0.25, 0.3) is 0 Å². The van der Waals surface area contributed by atoms with Crippen molar-refractivity contribution in [3.63, 3.8) is 0 Å². The largest absolute Gasteiger partial charge is 0.326 e. The fraction of sp³-hybridized carbons (Fsp3) is 1.00. The van der Waals surface area contributed by atoms with Crippen LogP contribution in [-0.2, 0) is 0 Å². The van der Waals surface area contributed by atoms with Gasteiger partial charge in [0, 0.05) is 18.6 Å². The SMILES string of the molecule is CCC(C)CN(CC)C1CCCCCCCCCCC1N. The van der Waals surface area contributed by atoms with Crippen LogP contribution >= 0.6 is 0 Å². The van der Waals surface area contributed by atoms with Crippen LogP contribution in [0.25, 0.3) is 0 Å². The highest BCUT2D eigenvalue weighted by Crippen LogP contribution is 2.21. The lowest BCUT2D eigenvalue weighted by Crippen LogP contribution is -2.49. The molecule has 1 rings (SSSR count). The zero-order valence-electron chi connectivity index (χ0n) is 14.9. The fourth-order valence-corrected chi connectivity index (χ4v) is 3.68. The van der Waals surface area contributed by atoms with Gasteiger partial charge >= 0.3 is 0 Å². The molecule has 2 nitrogen and oxygen atoms in total. The molecule has 0 heterocycles. The van der Waals surface area contributed by atoms with Crippen molar-refractivity contribution >= 4 is 0 Å². The van der Waals surface area contributed by atoms with Crippen molar-refractivity contribution < 1.29 is 0 Å². The standard InChI is InChI=1S/C19H40N2/c1-4-17(3)16-21(5-2)19-15-13-11-9-7-6-8-10-12-14-18(19)20/h17-19H,4-16,20H2,1-3H3. The molecule has 2 heteroatoms. The normalized spacial score (nSPS) is 27.9. The first-order valence-corrected chi connectivity index (χ1v) is 9.68. The van der Waals surface area contributed by atoms with Crippen molar-refractivity contribution in [1.82, 2.24) is 4.90 Å². The molecule has 0 saturated heterocycles. The lowest BCUT2D eigenvalue weighted by Gasteiger charge is -2.37. The summed E-state index contributed by atoms with van der Waals surface area (Å²) < 4.78 is 0. The Kier molecular flexibility index (Phi) is 10.4. The molecule has 1 aliphatic rings. The van der Waals surface area contributed by atoms with E-state index in [0.717, 1.165) is 12.5 Å². The topological polar surface area (TPSA) is 29.3 Å². The maximum Gasteiger partial charge on any atom is 0.0247 e. The van der Waals surface area contributed by atoms with Gasteiger partial charge < -0.3 is 5.73 Å². The molecular formula is C19H40N2. The number of hydrogen-bond acceptors (Lipinski definition) is 2. The molecule has 1 aliphatic carbocycles. The summed E-state index contributed by atoms with van der Waals surface area (Å²) in [7, 11) is 0. The van der Waals surface area contributed by atoms with E-state index < -0.39 is 0 Å². The molecule has 0 radical (unpaired) electrons. The van der Waals surface area contributed by atoms with Crippen LogP contribution in [0.15, 0.2) is 0 Å². The number of hydrogen-bond donors (Lipinski definition) is 1. The lowest BCUT2D eigenvalue weighted by atomic mass is 9.92. The van der Waals surface area contributed by atoms with E-state index >= 15 is 0 Å². The van der Waals surface area contributed by atoms with Crippen molar-refractivity contribution in [3.05, 3.63) is 0 Å². The summed E-state index contributed by atoms with van der Waals surface area (Å²) in [6, 6.07) is 0.997. The highest BCUT2D eigenvalue weighted by molar-refractivity contribution is 4.83. The van der Waals surface area contributed by atoms with E-state index in [1.807, 2.05) is 0 Å². The van der Waals surface area contributed by atoms with Crippen LogP contribution in [-0.4, -0.2) is 30.1 Å². The predicted octanol–water partition coefficient (Wildman–Crippen LogP) is 4.96. The maximum atomic E-state index is 6.61. The number of nitrogens with zero attached hydrogens (tertiary/aromatic N) is 1. The van der Waals surface area contributed by atoms with Crippen molar-refractivity contribution in [2.75, 3.05) is 13.1 Å². The summed E-state index contributed by atoms with van der Waals surface area (Å²) in [5.74, 6) is 0.790. The number of likely N-dealkylation sites (N-methyl/N-ethyl adjacent to an activating group) is 1. The van der Waals surface area contributed by atoms with Crippen molar-refractivity contribution in [1.29, 1.82) is 0 Å². The smallest absolute Gasteiger partial charge is 0.0247 e. The van der Waals surface area contributed by atoms with Crippen LogP contribution in [0.4, 0.5) is 0 Å². The lowest BCUT2D eigenvalue weighted by molar-refractivity contribution is 0.139. The van der Waals surface area contributed by atoms with E-state index in [9.17, 15) is 0 Å². The minimum Gasteiger partial charge on any atom is -0.326 e. The van der Waals surface area contributed by atoms with E-state index in [2.05, 4.69) is 25.7 Å². The maximum absolute atomic E-state index is 6.61. The Morgan fingerprint density at radius 2 is 1.43 bits per heavy atom. The molecule has 0 aromatic rings. The summed E-state index contributed by atoms with van der Waals surface area (Å²) in [5.41, 5.74) is 6.61. The van der Waals surface area contributed by atoms with E-state index in [0.29, 0.717) is 12.1 Å². The third-order valence-electron chi connectivity index (χ3n) is 5.40. The molecule has 3 atom stereocenters. The Morgan fingerprint density at radius 3 is 1.95 bits per heavy atom. The Hall–Kier alpha value is -0.0800. The van der Waals surface area contributed by atoms with Gasteiger partial charge in [-0.05, 0) is 25.3 Å². The minimum atomic E-state index is 0.383. The molecule has 0 amide bonds. The molecule has 0 aliphatic heterocycles. The van der Waals surface area contributed by atoms with E-state index in [-0.39, 0.29) is 0 Å². The highest BCUT2D eigenvalue weighted by Gasteiger charge is 2.24. The summed E-state index contributed by atoms with van der Waals surface area (Å²) in [6.07, 6.45) is 15.0. The van der Waals surface area contributed by atoms with Crippen molar-refractivity contribution in [2.45, 2.75) is 103 Å². The molecule has 0 aromatic heterocycles. The molecule has 0 bridgehead atoms. The monoisotopic (exact) mass is 296 g/mol. The molecule has 126 valence electrons. The summed E-state index contributed by atoms with van der Waals surface area (Å²) in [4.78, 5) is 2.69. The van der Waals surface area contributed by atoms with Gasteiger partial charge in [-0.15, -0.1) is 0 Å². The second kappa shape index (κ2) is 11.5. The molecule has 3 unspecified atom stereocenters. The Morgan fingerprint density at radius 1 is 0.905 bits per heavy atom. The molecule has 1 saturated carbocycles. The first-order chi connectivity index (χ1) is 10.2. The van der Waals surface area contributed by atoms with Gasteiger partial charge in [0.15, 0.2) is 0 Å². The van der Waals surface area contributed by atoms with Crippen LogP contribution in [0, 0.1) is 5.92 Å². The van der Waals surface area contributed by atoms with Crippen LogP contribution in [0.3, 0.4) is 0 Å². The van der Waals surface area contributed by atoms with Crippen molar-refractivity contribution in [2.24, 2.45) is 11.7 Å². The van der Waals surface area contributed by atoms with Gasteiger partial charge in [0.2, 0.25) is 0 Å². The Balaban J connectivity index is 2.60. The number of rotatable bonds is 5. The van der Waals surface area contributed by atoms with Crippen molar-refractivity contribution in [3.8, 4) is 0 Å². The zero-order valence-corrected chi connectivity index (χ0v) is 14.9. The average Bonchev–Trinajstić information content (AvgIpc) is 2.48. The Labute approximate surface area is 133 Å². The van der Waals surface area contributed by atoms with E-state index in [1.54, 1.807) is 0 Å². The second-order valence-corrected chi connectivity index (χ2v) is 7.24. The third-order valence-corrected chi connectivity index (χ3v) is 5.40. The fourth-order valence-electron chi connectivity index (χ4n) is 3.68. The van der Waals surface area contributed by atoms with Gasteiger partial charge in [0.1, 0.15) is 0 Å². The van der Waals surface area contributed by atoms with Gasteiger partial charge in [-0.3, -0.25) is 4.90 Å². The third kappa shape index (κ3) is 7.65. The average molecular weight is 297 g/mol. The summed E-state index contributed by atoms with van der Waals surface area (Å²) in [6.45, 7) is 9.38. The molecule has 0 spiro atoms. The van der Waals surface area contributed by atoms with E-state index in [1.165, 1.54) is 77.2 Å². The first kappa shape index (κ1) is 19.0. The summed E-state index contributed by atoms with van der Waals surface area (Å²) >= 11 is 0. The number of nitrogens with two attached hydrogens (primary N) is 1. The van der Waals surface area contributed by atoms with Gasteiger partial charge in [0.05, 0.1) is 0 Å².